The quantitative estimate of drug-likeness (QED) is 0.919. The molecule has 6 nitrogen and oxygen atoms in total. The van der Waals surface area contributed by atoms with E-state index < -0.39 is 0 Å². The Morgan fingerprint density at radius 2 is 2.33 bits per heavy atom. The lowest BCUT2D eigenvalue weighted by atomic mass is 10.0. The van der Waals surface area contributed by atoms with E-state index >= 15 is 0 Å². The number of likely N-dealkylation sites (tertiary alicyclic amines) is 1. The van der Waals surface area contributed by atoms with E-state index in [1.807, 2.05) is 23.3 Å². The number of amides is 2. The van der Waals surface area contributed by atoms with Crippen molar-refractivity contribution in [3.63, 3.8) is 0 Å². The normalized spacial score (nSPS) is 18.9. The van der Waals surface area contributed by atoms with Gasteiger partial charge in [0, 0.05) is 29.9 Å². The molecule has 2 aromatic rings. The lowest BCUT2D eigenvalue weighted by Gasteiger charge is -2.35. The van der Waals surface area contributed by atoms with Crippen molar-refractivity contribution in [2.24, 2.45) is 0 Å². The van der Waals surface area contributed by atoms with E-state index in [1.54, 1.807) is 37.0 Å². The number of hydrogen-bond donors (Lipinski definition) is 1. The molecule has 2 atom stereocenters. The van der Waals surface area contributed by atoms with Gasteiger partial charge in [-0.15, -0.1) is 11.3 Å². The van der Waals surface area contributed by atoms with Crippen LogP contribution in [-0.2, 0) is 0 Å². The van der Waals surface area contributed by atoms with Crippen LogP contribution in [0.1, 0.15) is 48.8 Å². The summed E-state index contributed by atoms with van der Waals surface area (Å²) in [5.74, 6) is 0.681. The average molecular weight is 346 g/mol. The Balaban J connectivity index is 1.73. The number of methoxy groups -OCH3 is 1. The molecule has 3 heterocycles. The maximum atomic E-state index is 12.8. The van der Waals surface area contributed by atoms with Gasteiger partial charge in [0.1, 0.15) is 10.8 Å². The molecular formula is C17H22N4O2S. The monoisotopic (exact) mass is 346 g/mol. The predicted molar refractivity (Wildman–Crippen MR) is 93.1 cm³/mol. The van der Waals surface area contributed by atoms with Crippen LogP contribution < -0.4 is 10.1 Å². The summed E-state index contributed by atoms with van der Waals surface area (Å²) in [5, 5.41) is 6.06. The molecule has 0 spiro atoms. The lowest BCUT2D eigenvalue weighted by Crippen LogP contribution is -2.45. The van der Waals surface area contributed by atoms with Crippen LogP contribution in [0.3, 0.4) is 0 Å². The third-order valence-electron chi connectivity index (χ3n) is 4.34. The van der Waals surface area contributed by atoms with E-state index in [0.29, 0.717) is 5.75 Å². The van der Waals surface area contributed by atoms with E-state index in [2.05, 4.69) is 15.3 Å². The summed E-state index contributed by atoms with van der Waals surface area (Å²) in [5.41, 5.74) is 0.920. The van der Waals surface area contributed by atoms with Crippen LogP contribution in [0, 0.1) is 0 Å². The molecule has 0 unspecified atom stereocenters. The number of ether oxygens (including phenoxy) is 1. The lowest BCUT2D eigenvalue weighted by molar-refractivity contribution is 0.148. The minimum absolute atomic E-state index is 0.0544. The van der Waals surface area contributed by atoms with Crippen LogP contribution in [-0.4, -0.2) is 34.6 Å². The largest absolute Gasteiger partial charge is 0.495 e. The minimum Gasteiger partial charge on any atom is -0.495 e. The highest BCUT2D eigenvalue weighted by molar-refractivity contribution is 7.09. The standard InChI is InChI=1S/C17H22N4O2S/c1-12(13-6-7-18-11-15(13)23-2)20-17(22)21-9-4-3-5-14(21)16-19-8-10-24-16/h6-8,10-12,14H,3-5,9H2,1-2H3,(H,20,22)/t12-,14-/m1/s1. The van der Waals surface area contributed by atoms with E-state index in [1.165, 1.54) is 0 Å². The SMILES string of the molecule is COc1cnccc1[C@@H](C)NC(=O)N1CCCC[C@@H]1c1nccs1. The molecule has 0 radical (unpaired) electrons. The van der Waals surface area contributed by atoms with E-state index in [4.69, 9.17) is 4.74 Å². The summed E-state index contributed by atoms with van der Waals surface area (Å²) >= 11 is 1.61. The zero-order valence-electron chi connectivity index (χ0n) is 13.9. The third-order valence-corrected chi connectivity index (χ3v) is 5.22. The minimum atomic E-state index is -0.158. The topological polar surface area (TPSA) is 67.3 Å². The number of nitrogens with zero attached hydrogens (tertiary/aromatic N) is 3. The number of nitrogens with one attached hydrogen (secondary N) is 1. The number of carbonyl (C=O) groups is 1. The Bertz CT molecular complexity index is 677. The highest BCUT2D eigenvalue weighted by atomic mass is 32.1. The van der Waals surface area contributed by atoms with Gasteiger partial charge in [-0.1, -0.05) is 0 Å². The van der Waals surface area contributed by atoms with Crippen molar-refractivity contribution in [3.05, 3.63) is 40.6 Å². The fourth-order valence-corrected chi connectivity index (χ4v) is 3.88. The Morgan fingerprint density at radius 1 is 1.46 bits per heavy atom. The third kappa shape index (κ3) is 3.51. The van der Waals surface area contributed by atoms with Gasteiger partial charge in [-0.3, -0.25) is 4.98 Å². The molecule has 1 saturated heterocycles. The Morgan fingerprint density at radius 3 is 3.08 bits per heavy atom. The smallest absolute Gasteiger partial charge is 0.318 e. The zero-order chi connectivity index (χ0) is 16.9. The van der Waals surface area contributed by atoms with Gasteiger partial charge in [0.25, 0.3) is 0 Å². The van der Waals surface area contributed by atoms with Gasteiger partial charge in [0.2, 0.25) is 0 Å². The number of piperidine rings is 1. The number of aromatic nitrogens is 2. The van der Waals surface area contributed by atoms with Gasteiger partial charge in [0.05, 0.1) is 25.4 Å². The molecule has 1 fully saturated rings. The van der Waals surface area contributed by atoms with Crippen LogP contribution in [0.5, 0.6) is 5.75 Å². The molecule has 7 heteroatoms. The van der Waals surface area contributed by atoms with Crippen molar-refractivity contribution in [1.29, 1.82) is 0 Å². The number of hydrogen-bond acceptors (Lipinski definition) is 5. The molecule has 0 aliphatic carbocycles. The van der Waals surface area contributed by atoms with Gasteiger partial charge in [-0.25, -0.2) is 9.78 Å². The molecule has 0 bridgehead atoms. The summed E-state index contributed by atoms with van der Waals surface area (Å²) in [6.45, 7) is 2.72. The Labute approximate surface area is 145 Å². The van der Waals surface area contributed by atoms with Gasteiger partial charge in [-0.2, -0.15) is 0 Å². The molecule has 0 saturated carbocycles. The van der Waals surface area contributed by atoms with Crippen molar-refractivity contribution in [2.75, 3.05) is 13.7 Å². The zero-order valence-corrected chi connectivity index (χ0v) is 14.8. The summed E-state index contributed by atoms with van der Waals surface area (Å²) in [4.78, 5) is 23.2. The summed E-state index contributed by atoms with van der Waals surface area (Å²) in [6, 6.07) is 1.74. The number of urea groups is 1. The summed E-state index contributed by atoms with van der Waals surface area (Å²) < 4.78 is 5.34. The molecular weight excluding hydrogens is 324 g/mol. The maximum absolute atomic E-state index is 12.8. The highest BCUT2D eigenvalue weighted by Crippen LogP contribution is 2.32. The van der Waals surface area contributed by atoms with Crippen molar-refractivity contribution in [2.45, 2.75) is 38.3 Å². The fraction of sp³-hybridized carbons (Fsp3) is 0.471. The fourth-order valence-electron chi connectivity index (χ4n) is 3.10. The molecule has 24 heavy (non-hydrogen) atoms. The molecule has 3 rings (SSSR count). The predicted octanol–water partition coefficient (Wildman–Crippen LogP) is 3.54. The first-order valence-electron chi connectivity index (χ1n) is 8.15. The first-order valence-corrected chi connectivity index (χ1v) is 9.03. The van der Waals surface area contributed by atoms with Crippen LogP contribution in [0.4, 0.5) is 4.79 Å². The van der Waals surface area contributed by atoms with Crippen molar-refractivity contribution in [3.8, 4) is 5.75 Å². The second kappa shape index (κ2) is 7.61. The highest BCUT2D eigenvalue weighted by Gasteiger charge is 2.30. The van der Waals surface area contributed by atoms with E-state index in [-0.39, 0.29) is 18.1 Å². The van der Waals surface area contributed by atoms with E-state index in [0.717, 1.165) is 36.4 Å². The molecule has 128 valence electrons. The van der Waals surface area contributed by atoms with Crippen LogP contribution in [0.15, 0.2) is 30.0 Å². The number of thiazole rings is 1. The first kappa shape index (κ1) is 16.7. The maximum Gasteiger partial charge on any atom is 0.318 e. The average Bonchev–Trinajstić information content (AvgIpc) is 3.16. The van der Waals surface area contributed by atoms with Gasteiger partial charge >= 0.3 is 6.03 Å². The van der Waals surface area contributed by atoms with E-state index in [9.17, 15) is 4.79 Å². The van der Waals surface area contributed by atoms with Gasteiger partial charge in [-0.05, 0) is 32.3 Å². The molecule has 0 aromatic carbocycles. The molecule has 2 aromatic heterocycles. The van der Waals surface area contributed by atoms with Crippen LogP contribution >= 0.6 is 11.3 Å². The number of pyridine rings is 1. The molecule has 1 aliphatic rings. The van der Waals surface area contributed by atoms with Crippen LogP contribution in [0.2, 0.25) is 0 Å². The summed E-state index contributed by atoms with van der Waals surface area (Å²) in [6.07, 6.45) is 8.30. The second-order valence-electron chi connectivity index (χ2n) is 5.86. The first-order chi connectivity index (χ1) is 11.7. The Kier molecular flexibility index (Phi) is 5.30. The van der Waals surface area contributed by atoms with Crippen LogP contribution in [0.25, 0.3) is 0 Å². The number of carbonyl (C=O) groups excluding carboxylic acids is 1. The van der Waals surface area contributed by atoms with Crippen molar-refractivity contribution >= 4 is 17.4 Å². The Hall–Kier alpha value is -2.15. The summed E-state index contributed by atoms with van der Waals surface area (Å²) in [7, 11) is 1.61. The molecule has 1 N–H and O–H groups in total. The van der Waals surface area contributed by atoms with Gasteiger partial charge in [0.15, 0.2) is 0 Å². The molecule has 2 amide bonds. The van der Waals surface area contributed by atoms with Crippen molar-refractivity contribution < 1.29 is 9.53 Å². The van der Waals surface area contributed by atoms with Gasteiger partial charge < -0.3 is 15.0 Å². The van der Waals surface area contributed by atoms with Crippen molar-refractivity contribution in [1.82, 2.24) is 20.2 Å². The second-order valence-corrected chi connectivity index (χ2v) is 6.79. The molecule has 1 aliphatic heterocycles. The number of rotatable bonds is 4.